The summed E-state index contributed by atoms with van der Waals surface area (Å²) in [7, 11) is 0. The molecule has 2 fully saturated rings. The van der Waals surface area contributed by atoms with Crippen LogP contribution in [0.25, 0.3) is 0 Å². The number of aliphatic imine (C=N–C) groups is 1. The van der Waals surface area contributed by atoms with E-state index in [1.807, 2.05) is 0 Å². The highest BCUT2D eigenvalue weighted by molar-refractivity contribution is 5.78. The maximum Gasteiger partial charge on any atom is 0.191 e. The van der Waals surface area contributed by atoms with E-state index < -0.39 is 0 Å². The quantitative estimate of drug-likeness (QED) is 0.622. The van der Waals surface area contributed by atoms with E-state index in [4.69, 9.17) is 5.73 Å². The molecule has 0 aromatic heterocycles. The van der Waals surface area contributed by atoms with Crippen molar-refractivity contribution in [2.75, 3.05) is 52.4 Å². The lowest BCUT2D eigenvalue weighted by atomic mass is 10.00. The smallest absolute Gasteiger partial charge is 0.191 e. The third-order valence-electron chi connectivity index (χ3n) is 5.10. The fraction of sp³-hybridized carbons (Fsp3) is 0.938. The van der Waals surface area contributed by atoms with Crippen LogP contribution < -0.4 is 5.73 Å². The summed E-state index contributed by atoms with van der Waals surface area (Å²) in [5, 5.41) is 0. The lowest BCUT2D eigenvalue weighted by Crippen LogP contribution is -2.50. The molecule has 0 amide bonds. The molecule has 1 atom stereocenters. The Morgan fingerprint density at radius 1 is 1.14 bits per heavy atom. The largest absolute Gasteiger partial charge is 0.370 e. The first-order valence-electron chi connectivity index (χ1n) is 8.61. The van der Waals surface area contributed by atoms with E-state index in [-0.39, 0.29) is 0 Å². The highest BCUT2D eigenvalue weighted by Gasteiger charge is 2.21. The van der Waals surface area contributed by atoms with E-state index in [2.05, 4.69) is 40.5 Å². The van der Waals surface area contributed by atoms with Gasteiger partial charge in [-0.2, -0.15) is 0 Å². The molecule has 0 saturated carbocycles. The summed E-state index contributed by atoms with van der Waals surface area (Å²) in [4.78, 5) is 12.0. The minimum atomic E-state index is 0.492. The number of guanidine groups is 1. The fourth-order valence-electron chi connectivity index (χ4n) is 3.20. The minimum Gasteiger partial charge on any atom is -0.370 e. The van der Waals surface area contributed by atoms with Crippen molar-refractivity contribution in [3.8, 4) is 0 Å². The van der Waals surface area contributed by atoms with Crippen molar-refractivity contribution in [3.05, 3.63) is 0 Å². The molecule has 2 aliphatic rings. The average Bonchev–Trinajstić information content (AvgIpc) is 2.53. The number of likely N-dealkylation sites (tertiary alicyclic amines) is 1. The van der Waals surface area contributed by atoms with Crippen molar-refractivity contribution in [3.63, 3.8) is 0 Å². The third kappa shape index (κ3) is 4.85. The number of rotatable bonds is 4. The molecule has 0 spiro atoms. The monoisotopic (exact) mass is 295 g/mol. The zero-order valence-corrected chi connectivity index (χ0v) is 14.1. The molecule has 0 aromatic carbocycles. The summed E-state index contributed by atoms with van der Waals surface area (Å²) in [6.45, 7) is 15.7. The van der Waals surface area contributed by atoms with Gasteiger partial charge in [0, 0.05) is 45.3 Å². The van der Waals surface area contributed by atoms with Gasteiger partial charge >= 0.3 is 0 Å². The summed E-state index contributed by atoms with van der Waals surface area (Å²) >= 11 is 0. The Morgan fingerprint density at radius 2 is 1.76 bits per heavy atom. The second-order valence-corrected chi connectivity index (χ2v) is 6.69. The number of nitrogens with zero attached hydrogens (tertiary/aromatic N) is 4. The molecule has 2 N–H and O–H groups in total. The summed E-state index contributed by atoms with van der Waals surface area (Å²) in [5.74, 6) is 1.59. The molecule has 2 saturated heterocycles. The van der Waals surface area contributed by atoms with Gasteiger partial charge < -0.3 is 15.5 Å². The lowest BCUT2D eigenvalue weighted by Gasteiger charge is -2.37. The molecule has 0 aromatic rings. The Balaban J connectivity index is 1.74. The van der Waals surface area contributed by atoms with Crippen molar-refractivity contribution < 1.29 is 0 Å². The fourth-order valence-corrected chi connectivity index (χ4v) is 3.20. The first kappa shape index (κ1) is 16.6. The normalized spacial score (nSPS) is 25.3. The highest BCUT2D eigenvalue weighted by Crippen LogP contribution is 2.15. The van der Waals surface area contributed by atoms with Crippen LogP contribution in [0.1, 0.15) is 33.6 Å². The standard InChI is InChI=1S/C16H33N5/c1-4-19-9-11-20(12-10-19)15(3)13-18-16(17)21-7-5-14(2)6-8-21/h14-15H,4-13H2,1-3H3,(H2,17,18). The summed E-state index contributed by atoms with van der Waals surface area (Å²) in [6.07, 6.45) is 2.48. The number of hydrogen-bond donors (Lipinski definition) is 1. The second-order valence-electron chi connectivity index (χ2n) is 6.69. The molecule has 0 aliphatic carbocycles. The molecular weight excluding hydrogens is 262 g/mol. The van der Waals surface area contributed by atoms with Gasteiger partial charge in [-0.15, -0.1) is 0 Å². The second kappa shape index (κ2) is 7.99. The van der Waals surface area contributed by atoms with Crippen molar-refractivity contribution >= 4 is 5.96 Å². The number of hydrogen-bond acceptors (Lipinski definition) is 3. The van der Waals surface area contributed by atoms with E-state index in [9.17, 15) is 0 Å². The van der Waals surface area contributed by atoms with Crippen LogP contribution in [-0.2, 0) is 0 Å². The predicted octanol–water partition coefficient (Wildman–Crippen LogP) is 1.06. The number of piperidine rings is 1. The molecule has 0 radical (unpaired) electrons. The van der Waals surface area contributed by atoms with E-state index in [1.165, 1.54) is 32.5 Å². The van der Waals surface area contributed by atoms with E-state index in [0.29, 0.717) is 6.04 Å². The Hall–Kier alpha value is -0.810. The summed E-state index contributed by atoms with van der Waals surface area (Å²) < 4.78 is 0. The van der Waals surface area contributed by atoms with Gasteiger partial charge in [0.25, 0.3) is 0 Å². The van der Waals surface area contributed by atoms with Crippen LogP contribution in [-0.4, -0.2) is 79.1 Å². The van der Waals surface area contributed by atoms with E-state index in [1.54, 1.807) is 0 Å². The molecule has 0 bridgehead atoms. The summed E-state index contributed by atoms with van der Waals surface area (Å²) in [5.41, 5.74) is 6.16. The maximum atomic E-state index is 6.16. The Morgan fingerprint density at radius 3 is 2.33 bits per heavy atom. The van der Waals surface area contributed by atoms with Crippen LogP contribution in [0, 0.1) is 5.92 Å². The van der Waals surface area contributed by atoms with Gasteiger partial charge in [-0.25, -0.2) is 0 Å². The molecule has 122 valence electrons. The third-order valence-corrected chi connectivity index (χ3v) is 5.10. The maximum absolute atomic E-state index is 6.16. The van der Waals surface area contributed by atoms with Gasteiger partial charge in [0.1, 0.15) is 0 Å². The van der Waals surface area contributed by atoms with Gasteiger partial charge in [0.2, 0.25) is 0 Å². The Labute approximate surface area is 130 Å². The first-order valence-corrected chi connectivity index (χ1v) is 8.61. The van der Waals surface area contributed by atoms with E-state index >= 15 is 0 Å². The molecule has 2 aliphatic heterocycles. The Kier molecular flexibility index (Phi) is 6.30. The van der Waals surface area contributed by atoms with Crippen LogP contribution in [0.2, 0.25) is 0 Å². The van der Waals surface area contributed by atoms with Gasteiger partial charge in [-0.1, -0.05) is 13.8 Å². The number of nitrogens with two attached hydrogens (primary N) is 1. The van der Waals surface area contributed by atoms with Gasteiger partial charge in [-0.05, 0) is 32.2 Å². The SMILES string of the molecule is CCN1CCN(C(C)CN=C(N)N2CCC(C)CC2)CC1. The zero-order valence-electron chi connectivity index (χ0n) is 14.1. The molecule has 5 nitrogen and oxygen atoms in total. The molecule has 2 heterocycles. The first-order chi connectivity index (χ1) is 10.1. The number of likely N-dealkylation sites (N-methyl/N-ethyl adjacent to an activating group) is 1. The van der Waals surface area contributed by atoms with Gasteiger partial charge in [-0.3, -0.25) is 9.89 Å². The Bertz CT molecular complexity index is 328. The topological polar surface area (TPSA) is 48.1 Å². The van der Waals surface area contributed by atoms with Crippen molar-refractivity contribution in [1.29, 1.82) is 0 Å². The average molecular weight is 295 g/mol. The summed E-state index contributed by atoms with van der Waals surface area (Å²) in [6, 6.07) is 0.492. The zero-order chi connectivity index (χ0) is 15.2. The van der Waals surface area contributed by atoms with Gasteiger partial charge in [0.05, 0.1) is 6.54 Å². The minimum absolute atomic E-state index is 0.492. The van der Waals surface area contributed by atoms with E-state index in [0.717, 1.165) is 44.6 Å². The van der Waals surface area contributed by atoms with Crippen molar-refractivity contribution in [2.45, 2.75) is 39.7 Å². The molecular formula is C16H33N5. The van der Waals surface area contributed by atoms with Crippen molar-refractivity contribution in [2.24, 2.45) is 16.6 Å². The number of piperazine rings is 1. The van der Waals surface area contributed by atoms with Crippen LogP contribution in [0.4, 0.5) is 0 Å². The molecule has 21 heavy (non-hydrogen) atoms. The van der Waals surface area contributed by atoms with Crippen LogP contribution >= 0.6 is 0 Å². The molecule has 5 heteroatoms. The molecule has 2 rings (SSSR count). The highest BCUT2D eigenvalue weighted by atomic mass is 15.3. The van der Waals surface area contributed by atoms with Crippen LogP contribution in [0.5, 0.6) is 0 Å². The van der Waals surface area contributed by atoms with Crippen molar-refractivity contribution in [1.82, 2.24) is 14.7 Å². The predicted molar refractivity (Wildman–Crippen MR) is 89.6 cm³/mol. The van der Waals surface area contributed by atoms with Gasteiger partial charge in [0.15, 0.2) is 5.96 Å². The molecule has 1 unspecified atom stereocenters. The van der Waals surface area contributed by atoms with Crippen LogP contribution in [0.15, 0.2) is 4.99 Å². The lowest BCUT2D eigenvalue weighted by molar-refractivity contribution is 0.109. The van der Waals surface area contributed by atoms with Crippen LogP contribution in [0.3, 0.4) is 0 Å².